The summed E-state index contributed by atoms with van der Waals surface area (Å²) in [5, 5.41) is 8.47. The Morgan fingerprint density at radius 1 is 1.32 bits per heavy atom. The lowest BCUT2D eigenvalue weighted by molar-refractivity contribution is -0.129. The number of sulfonamides is 1. The average molecular weight is 323 g/mol. The molecule has 120 valence electrons. The molecule has 1 aromatic rings. The zero-order valence-electron chi connectivity index (χ0n) is 13.1. The maximum Gasteiger partial charge on any atom is 0.240 e. The van der Waals surface area contributed by atoms with Crippen molar-refractivity contribution in [3.05, 3.63) is 29.3 Å². The smallest absolute Gasteiger partial charge is 0.240 e. The number of rotatable bonds is 7. The van der Waals surface area contributed by atoms with Crippen molar-refractivity contribution in [1.29, 1.82) is 5.26 Å². The van der Waals surface area contributed by atoms with E-state index in [1.54, 1.807) is 25.2 Å². The maximum atomic E-state index is 12.1. The van der Waals surface area contributed by atoms with Gasteiger partial charge < -0.3 is 4.90 Å². The Hall–Kier alpha value is -1.91. The molecule has 6 nitrogen and oxygen atoms in total. The number of carbonyl (C=O) groups is 1. The zero-order valence-corrected chi connectivity index (χ0v) is 13.9. The van der Waals surface area contributed by atoms with E-state index in [0.717, 1.165) is 11.1 Å². The number of nitrogens with one attached hydrogen (secondary N) is 1. The van der Waals surface area contributed by atoms with Crippen LogP contribution in [0.4, 0.5) is 0 Å². The van der Waals surface area contributed by atoms with E-state index in [1.165, 1.54) is 4.90 Å². The lowest BCUT2D eigenvalue weighted by Crippen LogP contribution is -2.32. The Kier molecular flexibility index (Phi) is 6.53. The van der Waals surface area contributed by atoms with Crippen LogP contribution >= 0.6 is 0 Å². The van der Waals surface area contributed by atoms with Gasteiger partial charge in [-0.1, -0.05) is 6.07 Å². The van der Waals surface area contributed by atoms with E-state index >= 15 is 0 Å². The lowest BCUT2D eigenvalue weighted by atomic mass is 10.1. The van der Waals surface area contributed by atoms with E-state index in [2.05, 4.69) is 4.72 Å². The van der Waals surface area contributed by atoms with Gasteiger partial charge in [0, 0.05) is 26.6 Å². The van der Waals surface area contributed by atoms with Gasteiger partial charge in [0.05, 0.1) is 17.4 Å². The summed E-state index contributed by atoms with van der Waals surface area (Å²) < 4.78 is 26.7. The van der Waals surface area contributed by atoms with Gasteiger partial charge in [-0.2, -0.15) is 5.26 Å². The zero-order chi connectivity index (χ0) is 16.8. The first-order valence-corrected chi connectivity index (χ1v) is 8.44. The first-order chi connectivity index (χ1) is 10.3. The highest BCUT2D eigenvalue weighted by Gasteiger charge is 2.15. The summed E-state index contributed by atoms with van der Waals surface area (Å²) in [6.07, 6.45) is 0.322. The van der Waals surface area contributed by atoms with Gasteiger partial charge in [-0.05, 0) is 37.1 Å². The van der Waals surface area contributed by atoms with Crippen LogP contribution in [0.2, 0.25) is 0 Å². The number of hydrogen-bond acceptors (Lipinski definition) is 4. The van der Waals surface area contributed by atoms with Crippen molar-refractivity contribution in [3.8, 4) is 6.07 Å². The lowest BCUT2D eigenvalue weighted by Gasteiger charge is -2.15. The van der Waals surface area contributed by atoms with Crippen LogP contribution in [0.5, 0.6) is 0 Å². The van der Waals surface area contributed by atoms with Gasteiger partial charge in [-0.3, -0.25) is 4.79 Å². The molecule has 0 aliphatic heterocycles. The summed E-state index contributed by atoms with van der Waals surface area (Å²) in [5.74, 6) is -0.196. The Morgan fingerprint density at radius 2 is 2.00 bits per heavy atom. The maximum absolute atomic E-state index is 12.1. The number of benzene rings is 1. The van der Waals surface area contributed by atoms with Crippen molar-refractivity contribution < 1.29 is 13.2 Å². The normalized spacial score (nSPS) is 11.0. The summed E-state index contributed by atoms with van der Waals surface area (Å²) in [6, 6.07) is 6.87. The number of carbonyl (C=O) groups excluding carboxylic acids is 1. The molecule has 22 heavy (non-hydrogen) atoms. The minimum absolute atomic E-state index is 0.0327. The third kappa shape index (κ3) is 5.13. The summed E-state index contributed by atoms with van der Waals surface area (Å²) in [5.41, 5.74) is 1.92. The molecule has 0 spiro atoms. The van der Waals surface area contributed by atoms with Gasteiger partial charge in [-0.25, -0.2) is 13.1 Å². The molecule has 0 aromatic heterocycles. The van der Waals surface area contributed by atoms with Crippen LogP contribution in [-0.2, 0) is 14.8 Å². The summed E-state index contributed by atoms with van der Waals surface area (Å²) in [7, 11) is -2.02. The fraction of sp³-hybridized carbons (Fsp3) is 0.467. The molecule has 7 heteroatoms. The third-order valence-electron chi connectivity index (χ3n) is 3.40. The van der Waals surface area contributed by atoms with E-state index < -0.39 is 10.0 Å². The minimum Gasteiger partial charge on any atom is -0.345 e. The van der Waals surface area contributed by atoms with Crippen LogP contribution in [0.25, 0.3) is 0 Å². The molecule has 0 aliphatic carbocycles. The second-order valence-corrected chi connectivity index (χ2v) is 6.88. The van der Waals surface area contributed by atoms with Gasteiger partial charge in [0.1, 0.15) is 0 Å². The first kappa shape index (κ1) is 18.1. The molecule has 1 rings (SSSR count). The van der Waals surface area contributed by atoms with Crippen LogP contribution in [0.15, 0.2) is 23.1 Å². The van der Waals surface area contributed by atoms with Gasteiger partial charge in [-0.15, -0.1) is 0 Å². The minimum atomic E-state index is -3.61. The quantitative estimate of drug-likeness (QED) is 0.820. The highest BCUT2D eigenvalue weighted by molar-refractivity contribution is 7.89. The van der Waals surface area contributed by atoms with Gasteiger partial charge in [0.2, 0.25) is 15.9 Å². The largest absolute Gasteiger partial charge is 0.345 e. The summed E-state index contributed by atoms with van der Waals surface area (Å²) in [6.45, 7) is 4.14. The number of nitriles is 1. The molecule has 1 aromatic carbocycles. The molecule has 0 radical (unpaired) electrons. The van der Waals surface area contributed by atoms with Crippen molar-refractivity contribution in [2.75, 3.05) is 20.1 Å². The number of nitrogens with zero attached hydrogens (tertiary/aromatic N) is 2. The van der Waals surface area contributed by atoms with Crippen LogP contribution in [0, 0.1) is 25.2 Å². The van der Waals surface area contributed by atoms with Crippen molar-refractivity contribution in [2.45, 2.75) is 31.6 Å². The molecule has 0 heterocycles. The monoisotopic (exact) mass is 323 g/mol. The Bertz CT molecular complexity index is 678. The fourth-order valence-electron chi connectivity index (χ4n) is 1.79. The second-order valence-electron chi connectivity index (χ2n) is 5.12. The third-order valence-corrected chi connectivity index (χ3v) is 4.86. The van der Waals surface area contributed by atoms with E-state index in [-0.39, 0.29) is 30.2 Å². The van der Waals surface area contributed by atoms with Crippen molar-refractivity contribution >= 4 is 15.9 Å². The number of amides is 1. The fourth-order valence-corrected chi connectivity index (χ4v) is 2.91. The molecule has 1 amide bonds. The van der Waals surface area contributed by atoms with E-state index in [9.17, 15) is 13.2 Å². The summed E-state index contributed by atoms with van der Waals surface area (Å²) >= 11 is 0. The van der Waals surface area contributed by atoms with Crippen molar-refractivity contribution in [3.63, 3.8) is 0 Å². The number of aryl methyl sites for hydroxylation is 2. The van der Waals surface area contributed by atoms with Crippen molar-refractivity contribution in [2.24, 2.45) is 0 Å². The average Bonchev–Trinajstić information content (AvgIpc) is 2.47. The SMILES string of the molecule is Cc1ccc(S(=O)(=O)NCCC(=O)N(C)CCC#N)cc1C. The molecule has 0 fully saturated rings. The molecule has 0 bridgehead atoms. The molecule has 1 N–H and O–H groups in total. The topological polar surface area (TPSA) is 90.3 Å². The van der Waals surface area contributed by atoms with Crippen LogP contribution < -0.4 is 4.72 Å². The summed E-state index contributed by atoms with van der Waals surface area (Å²) in [4.78, 5) is 13.4. The molecular formula is C15H21N3O3S. The molecular weight excluding hydrogens is 302 g/mol. The van der Waals surface area contributed by atoms with Crippen LogP contribution in [-0.4, -0.2) is 39.4 Å². The Morgan fingerprint density at radius 3 is 2.59 bits per heavy atom. The molecule has 0 atom stereocenters. The second kappa shape index (κ2) is 7.92. The first-order valence-electron chi connectivity index (χ1n) is 6.96. The number of hydrogen-bond donors (Lipinski definition) is 1. The van der Waals surface area contributed by atoms with Gasteiger partial charge in [0.15, 0.2) is 0 Å². The highest BCUT2D eigenvalue weighted by Crippen LogP contribution is 2.14. The molecule has 0 unspecified atom stereocenters. The van der Waals surface area contributed by atoms with E-state index in [1.807, 2.05) is 19.9 Å². The Labute approximate surface area is 131 Å². The Balaban J connectivity index is 2.58. The van der Waals surface area contributed by atoms with Gasteiger partial charge >= 0.3 is 0 Å². The molecule has 0 saturated carbocycles. The highest BCUT2D eigenvalue weighted by atomic mass is 32.2. The predicted molar refractivity (Wildman–Crippen MR) is 83.6 cm³/mol. The van der Waals surface area contributed by atoms with Crippen LogP contribution in [0.3, 0.4) is 0 Å². The van der Waals surface area contributed by atoms with Crippen molar-refractivity contribution in [1.82, 2.24) is 9.62 Å². The van der Waals surface area contributed by atoms with E-state index in [0.29, 0.717) is 6.54 Å². The van der Waals surface area contributed by atoms with E-state index in [4.69, 9.17) is 5.26 Å². The van der Waals surface area contributed by atoms with Gasteiger partial charge in [0.25, 0.3) is 0 Å². The molecule has 0 saturated heterocycles. The predicted octanol–water partition coefficient (Wildman–Crippen LogP) is 1.34. The van der Waals surface area contributed by atoms with Crippen LogP contribution in [0.1, 0.15) is 24.0 Å². The standard InChI is InChI=1S/C15H21N3O3S/c1-12-5-6-14(11-13(12)2)22(20,21)17-9-7-15(19)18(3)10-4-8-16/h5-6,11,17H,4,7,9-10H2,1-3H3. The molecule has 0 aliphatic rings.